The van der Waals surface area contributed by atoms with E-state index in [1.807, 2.05) is 38.1 Å². The summed E-state index contributed by atoms with van der Waals surface area (Å²) in [7, 11) is 1.70. The van der Waals surface area contributed by atoms with Gasteiger partial charge in [-0.25, -0.2) is 0 Å². The van der Waals surface area contributed by atoms with Crippen LogP contribution in [0.4, 0.5) is 0 Å². The van der Waals surface area contributed by atoms with Crippen LogP contribution in [0.25, 0.3) is 0 Å². The molecule has 1 saturated heterocycles. The Bertz CT molecular complexity index is 1390. The molecule has 0 saturated carbocycles. The molecule has 52 heavy (non-hydrogen) atoms. The first-order valence-electron chi connectivity index (χ1n) is 18.3. The van der Waals surface area contributed by atoms with Gasteiger partial charge in [-0.3, -0.25) is 14.5 Å². The van der Waals surface area contributed by atoms with Gasteiger partial charge in [0.1, 0.15) is 23.9 Å². The third-order valence-electron chi connectivity index (χ3n) is 10.2. The average Bonchev–Trinajstić information content (AvgIpc) is 3.85. The second-order valence-electron chi connectivity index (χ2n) is 14.9. The molecule has 0 spiro atoms. The van der Waals surface area contributed by atoms with Crippen LogP contribution < -0.4 is 5.73 Å². The molecule has 3 rings (SSSR count). The Labute approximate surface area is 314 Å². The minimum atomic E-state index is -1.47. The number of ether oxygens (including phenoxy) is 4. The smallest absolute Gasteiger partial charge is 0.309 e. The van der Waals surface area contributed by atoms with E-state index in [4.69, 9.17) is 36.3 Å². The Morgan fingerprint density at radius 3 is 2.50 bits per heavy atom. The van der Waals surface area contributed by atoms with Gasteiger partial charge in [0, 0.05) is 50.5 Å². The van der Waals surface area contributed by atoms with Crippen molar-refractivity contribution in [3.05, 3.63) is 70.8 Å². The summed E-state index contributed by atoms with van der Waals surface area (Å²) in [6.45, 7) is 13.8. The van der Waals surface area contributed by atoms with Crippen LogP contribution in [-0.2, 0) is 35.1 Å². The normalized spacial score (nSPS) is 30.5. The van der Waals surface area contributed by atoms with Gasteiger partial charge in [-0.15, -0.1) is 0 Å². The summed E-state index contributed by atoms with van der Waals surface area (Å²) in [5.74, 6) is -1.44. The minimum absolute atomic E-state index is 0.00202. The highest BCUT2D eigenvalue weighted by Gasteiger charge is 2.56. The van der Waals surface area contributed by atoms with E-state index in [0.29, 0.717) is 30.2 Å². The van der Waals surface area contributed by atoms with Crippen LogP contribution >= 0.6 is 11.6 Å². The molecule has 2 aliphatic heterocycles. The van der Waals surface area contributed by atoms with Crippen LogP contribution in [0.1, 0.15) is 79.7 Å². The first-order valence-corrected chi connectivity index (χ1v) is 18.7. The number of rotatable bonds is 15. The molecular weight excluding hydrogens is 688 g/mol. The van der Waals surface area contributed by atoms with E-state index in [2.05, 4.69) is 18.7 Å². The third-order valence-corrected chi connectivity index (χ3v) is 10.5. The molecule has 12 heteroatoms. The zero-order chi connectivity index (χ0) is 38.8. The maximum Gasteiger partial charge on any atom is 0.309 e. The summed E-state index contributed by atoms with van der Waals surface area (Å²) in [6.07, 6.45) is 6.19. The van der Waals surface area contributed by atoms with E-state index in [9.17, 15) is 24.9 Å². The van der Waals surface area contributed by atoms with Crippen molar-refractivity contribution in [3.63, 3.8) is 0 Å². The number of benzene rings is 1. The van der Waals surface area contributed by atoms with Crippen molar-refractivity contribution in [1.82, 2.24) is 4.90 Å². The van der Waals surface area contributed by atoms with Gasteiger partial charge >= 0.3 is 11.9 Å². The number of hydrogen-bond donors (Lipinski definition) is 4. The van der Waals surface area contributed by atoms with Crippen molar-refractivity contribution in [3.8, 4) is 0 Å². The lowest BCUT2D eigenvalue weighted by molar-refractivity contribution is -0.157. The fourth-order valence-corrected chi connectivity index (χ4v) is 7.34. The van der Waals surface area contributed by atoms with Crippen LogP contribution in [-0.4, -0.2) is 106 Å². The first kappa shape index (κ1) is 43.8. The molecule has 3 unspecified atom stereocenters. The van der Waals surface area contributed by atoms with Crippen molar-refractivity contribution in [2.45, 2.75) is 135 Å². The van der Waals surface area contributed by atoms with Gasteiger partial charge in [-0.2, -0.15) is 0 Å². The topological polar surface area (TPSA) is 164 Å². The third kappa shape index (κ3) is 12.5. The van der Waals surface area contributed by atoms with Gasteiger partial charge in [0.2, 0.25) is 0 Å². The minimum Gasteiger partial charge on any atom is -0.457 e. The van der Waals surface area contributed by atoms with Crippen LogP contribution in [0.3, 0.4) is 0 Å². The second kappa shape index (κ2) is 19.6. The summed E-state index contributed by atoms with van der Waals surface area (Å²) in [5, 5.41) is 34.6. The van der Waals surface area contributed by atoms with Gasteiger partial charge in [0.15, 0.2) is 0 Å². The van der Waals surface area contributed by atoms with E-state index >= 15 is 0 Å². The number of aliphatic hydroxyl groups is 3. The predicted molar refractivity (Wildman–Crippen MR) is 201 cm³/mol. The molecule has 0 radical (unpaired) electrons. The molecule has 0 amide bonds. The lowest BCUT2D eigenvalue weighted by atomic mass is 9.85. The number of nitrogens with two attached hydrogens (primary N) is 1. The summed E-state index contributed by atoms with van der Waals surface area (Å²) >= 11 is 6.17. The lowest BCUT2D eigenvalue weighted by Crippen LogP contribution is -2.55. The van der Waals surface area contributed by atoms with Crippen molar-refractivity contribution >= 4 is 23.5 Å². The number of carbonyl (C=O) groups excluding carboxylic acids is 2. The van der Waals surface area contributed by atoms with E-state index in [1.165, 1.54) is 6.92 Å². The predicted octanol–water partition coefficient (Wildman–Crippen LogP) is 4.88. The Morgan fingerprint density at radius 2 is 1.90 bits per heavy atom. The number of esters is 2. The summed E-state index contributed by atoms with van der Waals surface area (Å²) < 4.78 is 23.4. The Balaban J connectivity index is 1.96. The molecule has 1 fully saturated rings. The van der Waals surface area contributed by atoms with Gasteiger partial charge in [-0.1, -0.05) is 68.8 Å². The number of carbonyl (C=O) groups is 2. The lowest BCUT2D eigenvalue weighted by Gasteiger charge is -2.39. The maximum absolute atomic E-state index is 13.0. The van der Waals surface area contributed by atoms with Crippen molar-refractivity contribution < 1.29 is 43.9 Å². The average molecular weight is 749 g/mol. The number of aliphatic hydroxyl groups excluding tert-OH is 1. The molecular formula is C40H61ClN2O9. The molecule has 0 aromatic heterocycles. The molecule has 1 aromatic rings. The van der Waals surface area contributed by atoms with E-state index in [-0.39, 0.29) is 43.5 Å². The molecule has 0 aliphatic carbocycles. The number of methoxy groups -OCH3 is 1. The maximum atomic E-state index is 13.0. The number of hydrogen-bond acceptors (Lipinski definition) is 11. The molecule has 5 N–H and O–H groups in total. The highest BCUT2D eigenvalue weighted by molar-refractivity contribution is 6.30. The quantitative estimate of drug-likeness (QED) is 0.0837. The summed E-state index contributed by atoms with van der Waals surface area (Å²) in [5.41, 5.74) is 4.96. The van der Waals surface area contributed by atoms with Crippen LogP contribution in [0.15, 0.2) is 60.2 Å². The van der Waals surface area contributed by atoms with Gasteiger partial charge in [0.05, 0.1) is 36.4 Å². The van der Waals surface area contributed by atoms with E-state index in [1.54, 1.807) is 51.3 Å². The Hall–Kier alpha value is -2.61. The molecule has 11 atom stereocenters. The number of nitrogens with zero attached hydrogens (tertiary/aromatic N) is 1. The van der Waals surface area contributed by atoms with Crippen LogP contribution in [0.2, 0.25) is 5.02 Å². The van der Waals surface area contributed by atoms with E-state index < -0.39 is 53.4 Å². The van der Waals surface area contributed by atoms with Gasteiger partial charge in [0.25, 0.3) is 0 Å². The fraction of sp³-hybridized carbons (Fsp3) is 0.650. The monoisotopic (exact) mass is 748 g/mol. The van der Waals surface area contributed by atoms with Crippen LogP contribution in [0, 0.1) is 11.8 Å². The van der Waals surface area contributed by atoms with E-state index in [0.717, 1.165) is 12.0 Å². The molecule has 2 heterocycles. The first-order chi connectivity index (χ1) is 24.4. The number of cyclic esters (lactones) is 1. The Morgan fingerprint density at radius 1 is 1.23 bits per heavy atom. The number of allylic oxidation sites excluding steroid dienone is 2. The molecule has 0 bridgehead atoms. The second-order valence-corrected chi connectivity index (χ2v) is 15.3. The number of halogens is 1. The van der Waals surface area contributed by atoms with Gasteiger partial charge < -0.3 is 40.0 Å². The molecule has 1 aromatic carbocycles. The van der Waals surface area contributed by atoms with Crippen molar-refractivity contribution in [2.24, 2.45) is 17.6 Å². The van der Waals surface area contributed by atoms with Crippen molar-refractivity contribution in [2.75, 3.05) is 20.2 Å². The standard InChI is InChI=1S/C40H61ClN2O9/c1-9-32(49-8)27(4)36-37(52-36)38(43(22-21-42)24-29-13-15-30(41)16-14-29)40(7,48)19-10-11-25(2)35-26(3)12-17-33(50-28(5)44)39(6,47)20-18-31(45)23-34(46)51-35/h10-17,19,26-27,31-33,35-38,45,47-48H,9,18,20-24,42H2,1-8H3/t26-,27+,31+,32-,33-,35?,36+,37-,38?,39+,40?/m0/s1. The molecule has 292 valence electrons. The van der Waals surface area contributed by atoms with Crippen LogP contribution in [0.5, 0.6) is 0 Å². The molecule has 11 nitrogen and oxygen atoms in total. The SMILES string of the molecule is CC[C@H](OC)[C@@H](C)[C@H]1O[C@@H]1C(N(CCN)Cc1ccc(Cl)cc1)C(C)(O)C=CC=C(C)C1OC(=O)C[C@H](O)CC[C@@](C)(O)[C@@H](OC(C)=O)C=C[C@@H]1C. The fourth-order valence-electron chi connectivity index (χ4n) is 7.21. The summed E-state index contributed by atoms with van der Waals surface area (Å²) in [4.78, 5) is 27.0. The molecule has 2 aliphatic rings. The summed E-state index contributed by atoms with van der Waals surface area (Å²) in [6, 6.07) is 7.12. The van der Waals surface area contributed by atoms with Gasteiger partial charge in [-0.05, 0) is 69.4 Å². The largest absolute Gasteiger partial charge is 0.457 e. The zero-order valence-corrected chi connectivity index (χ0v) is 32.8. The Kier molecular flexibility index (Phi) is 16.5. The zero-order valence-electron chi connectivity index (χ0n) is 32.0. The van der Waals surface area contributed by atoms with Crippen molar-refractivity contribution in [1.29, 1.82) is 0 Å². The highest BCUT2D eigenvalue weighted by atomic mass is 35.5. The highest BCUT2D eigenvalue weighted by Crippen LogP contribution is 2.41. The number of epoxide rings is 1.